The maximum absolute atomic E-state index is 13.1. The smallest absolute Gasteiger partial charge is 0.273 e. The van der Waals surface area contributed by atoms with Gasteiger partial charge in [-0.2, -0.15) is 5.10 Å². The van der Waals surface area contributed by atoms with Gasteiger partial charge < -0.3 is 9.64 Å². The van der Waals surface area contributed by atoms with E-state index in [2.05, 4.69) is 10.00 Å². The standard InChI is InChI=1S/C16H25ClN4O2/c1-2-21-15(14(17)11-18-21)16(22)20-6-4-3-5-13(20)12-19-7-9-23-10-8-19/h11,13H,2-10,12H2,1H3. The van der Waals surface area contributed by atoms with Gasteiger partial charge in [0.1, 0.15) is 5.69 Å². The summed E-state index contributed by atoms with van der Waals surface area (Å²) >= 11 is 6.22. The van der Waals surface area contributed by atoms with Crippen LogP contribution in [0.2, 0.25) is 5.02 Å². The molecule has 1 aromatic rings. The summed E-state index contributed by atoms with van der Waals surface area (Å²) in [5, 5.41) is 4.65. The van der Waals surface area contributed by atoms with Crippen molar-refractivity contribution in [2.24, 2.45) is 0 Å². The molecule has 3 rings (SSSR count). The molecule has 1 amide bonds. The number of aryl methyl sites for hydroxylation is 1. The van der Waals surface area contributed by atoms with Gasteiger partial charge in [-0.1, -0.05) is 11.6 Å². The molecule has 0 bridgehead atoms. The number of morpholine rings is 1. The number of rotatable bonds is 4. The molecule has 2 saturated heterocycles. The molecule has 0 aromatic carbocycles. The molecule has 0 spiro atoms. The second-order valence-electron chi connectivity index (χ2n) is 6.22. The van der Waals surface area contributed by atoms with Crippen molar-refractivity contribution in [2.45, 2.75) is 38.8 Å². The Bertz CT molecular complexity index is 542. The van der Waals surface area contributed by atoms with E-state index in [1.807, 2.05) is 11.8 Å². The number of hydrogen-bond acceptors (Lipinski definition) is 4. The zero-order chi connectivity index (χ0) is 16.2. The number of amides is 1. The van der Waals surface area contributed by atoms with Gasteiger partial charge in [0, 0.05) is 38.8 Å². The van der Waals surface area contributed by atoms with E-state index >= 15 is 0 Å². The maximum atomic E-state index is 13.1. The normalized spacial score (nSPS) is 23.2. The first kappa shape index (κ1) is 16.7. The third-order valence-electron chi connectivity index (χ3n) is 4.76. The molecule has 6 nitrogen and oxygen atoms in total. The Kier molecular flexibility index (Phi) is 5.56. The Balaban J connectivity index is 1.74. The lowest BCUT2D eigenvalue weighted by Gasteiger charge is -2.39. The van der Waals surface area contributed by atoms with Gasteiger partial charge in [0.15, 0.2) is 0 Å². The molecule has 1 atom stereocenters. The van der Waals surface area contributed by atoms with Crippen molar-refractivity contribution in [3.05, 3.63) is 16.9 Å². The largest absolute Gasteiger partial charge is 0.379 e. The van der Waals surface area contributed by atoms with Gasteiger partial charge in [-0.15, -0.1) is 0 Å². The van der Waals surface area contributed by atoms with Crippen LogP contribution >= 0.6 is 11.6 Å². The molecule has 0 saturated carbocycles. The Morgan fingerprint density at radius 2 is 2.13 bits per heavy atom. The number of ether oxygens (including phenoxy) is 1. The Hall–Kier alpha value is -1.11. The van der Waals surface area contributed by atoms with E-state index < -0.39 is 0 Å². The number of halogens is 1. The predicted molar refractivity (Wildman–Crippen MR) is 88.8 cm³/mol. The van der Waals surface area contributed by atoms with Crippen molar-refractivity contribution < 1.29 is 9.53 Å². The van der Waals surface area contributed by atoms with Crippen LogP contribution in [-0.4, -0.2) is 70.9 Å². The third-order valence-corrected chi connectivity index (χ3v) is 5.03. The summed E-state index contributed by atoms with van der Waals surface area (Å²) in [6.45, 7) is 7.83. The lowest BCUT2D eigenvalue weighted by atomic mass is 10.0. The van der Waals surface area contributed by atoms with Crippen molar-refractivity contribution in [1.82, 2.24) is 19.6 Å². The fourth-order valence-electron chi connectivity index (χ4n) is 3.49. The van der Waals surface area contributed by atoms with E-state index in [0.29, 0.717) is 17.3 Å². The fourth-order valence-corrected chi connectivity index (χ4v) is 3.71. The molecule has 0 aliphatic carbocycles. The molecule has 2 aliphatic heterocycles. The molecular weight excluding hydrogens is 316 g/mol. The van der Waals surface area contributed by atoms with E-state index in [1.165, 1.54) is 6.42 Å². The first-order chi connectivity index (χ1) is 11.2. The summed E-state index contributed by atoms with van der Waals surface area (Å²) in [6, 6.07) is 0.255. The van der Waals surface area contributed by atoms with Gasteiger partial charge >= 0.3 is 0 Å². The average molecular weight is 341 g/mol. The number of carbonyl (C=O) groups is 1. The van der Waals surface area contributed by atoms with Crippen LogP contribution in [0.3, 0.4) is 0 Å². The zero-order valence-corrected chi connectivity index (χ0v) is 14.5. The van der Waals surface area contributed by atoms with Crippen LogP contribution in [0.4, 0.5) is 0 Å². The van der Waals surface area contributed by atoms with Crippen LogP contribution in [0, 0.1) is 0 Å². The third kappa shape index (κ3) is 3.70. The van der Waals surface area contributed by atoms with E-state index in [1.54, 1.807) is 10.9 Å². The van der Waals surface area contributed by atoms with Gasteiger partial charge in [-0.25, -0.2) is 0 Å². The monoisotopic (exact) mass is 340 g/mol. The minimum atomic E-state index is 0.0207. The number of likely N-dealkylation sites (tertiary alicyclic amines) is 1. The highest BCUT2D eigenvalue weighted by Crippen LogP contribution is 2.24. The molecule has 2 fully saturated rings. The zero-order valence-electron chi connectivity index (χ0n) is 13.7. The van der Waals surface area contributed by atoms with Crippen molar-refractivity contribution in [2.75, 3.05) is 39.4 Å². The summed E-state index contributed by atoms with van der Waals surface area (Å²) in [4.78, 5) is 17.5. The molecular formula is C16H25ClN4O2. The van der Waals surface area contributed by atoms with Crippen molar-refractivity contribution >= 4 is 17.5 Å². The summed E-state index contributed by atoms with van der Waals surface area (Å²) in [5.41, 5.74) is 0.531. The average Bonchev–Trinajstić information content (AvgIpc) is 2.96. The van der Waals surface area contributed by atoms with Crippen molar-refractivity contribution in [1.29, 1.82) is 0 Å². The quantitative estimate of drug-likeness (QED) is 0.839. The second kappa shape index (κ2) is 7.64. The van der Waals surface area contributed by atoms with Crippen LogP contribution in [-0.2, 0) is 11.3 Å². The number of aromatic nitrogens is 2. The summed E-state index contributed by atoms with van der Waals surface area (Å²) in [7, 11) is 0. The number of nitrogens with zero attached hydrogens (tertiary/aromatic N) is 4. The van der Waals surface area contributed by atoms with Crippen LogP contribution in [0.1, 0.15) is 36.7 Å². The minimum absolute atomic E-state index is 0.0207. The molecule has 0 N–H and O–H groups in total. The topological polar surface area (TPSA) is 50.6 Å². The van der Waals surface area contributed by atoms with E-state index in [4.69, 9.17) is 16.3 Å². The molecule has 23 heavy (non-hydrogen) atoms. The van der Waals surface area contributed by atoms with Crippen LogP contribution in [0.15, 0.2) is 6.20 Å². The number of piperidine rings is 1. The SMILES string of the molecule is CCn1ncc(Cl)c1C(=O)N1CCCCC1CN1CCOCC1. The molecule has 0 radical (unpaired) electrons. The van der Waals surface area contributed by atoms with Crippen LogP contribution in [0.25, 0.3) is 0 Å². The molecule has 7 heteroatoms. The number of carbonyl (C=O) groups excluding carboxylic acids is 1. The molecule has 3 heterocycles. The van der Waals surface area contributed by atoms with Crippen molar-refractivity contribution in [3.8, 4) is 0 Å². The van der Waals surface area contributed by atoms with Crippen LogP contribution < -0.4 is 0 Å². The van der Waals surface area contributed by atoms with Gasteiger partial charge in [0.25, 0.3) is 5.91 Å². The fraction of sp³-hybridized carbons (Fsp3) is 0.750. The molecule has 128 valence electrons. The highest BCUT2D eigenvalue weighted by atomic mass is 35.5. The molecule has 1 aromatic heterocycles. The van der Waals surface area contributed by atoms with E-state index in [-0.39, 0.29) is 11.9 Å². The highest BCUT2D eigenvalue weighted by molar-refractivity contribution is 6.33. The first-order valence-electron chi connectivity index (χ1n) is 8.53. The van der Waals surface area contributed by atoms with E-state index in [9.17, 15) is 4.79 Å². The lowest BCUT2D eigenvalue weighted by Crippen LogP contribution is -2.51. The van der Waals surface area contributed by atoms with Gasteiger partial charge in [0.2, 0.25) is 0 Å². The highest BCUT2D eigenvalue weighted by Gasteiger charge is 2.32. The van der Waals surface area contributed by atoms with Gasteiger partial charge in [-0.05, 0) is 26.2 Å². The Morgan fingerprint density at radius 3 is 2.87 bits per heavy atom. The Labute approximate surface area is 142 Å². The van der Waals surface area contributed by atoms with Gasteiger partial charge in [0.05, 0.1) is 24.4 Å². The first-order valence-corrected chi connectivity index (χ1v) is 8.91. The maximum Gasteiger partial charge on any atom is 0.273 e. The minimum Gasteiger partial charge on any atom is -0.379 e. The van der Waals surface area contributed by atoms with Crippen molar-refractivity contribution in [3.63, 3.8) is 0 Å². The number of hydrogen-bond donors (Lipinski definition) is 0. The lowest BCUT2D eigenvalue weighted by molar-refractivity contribution is 0.0163. The molecule has 1 unspecified atom stereocenters. The predicted octanol–water partition coefficient (Wildman–Crippen LogP) is 1.88. The summed E-state index contributed by atoms with van der Waals surface area (Å²) < 4.78 is 7.12. The summed E-state index contributed by atoms with van der Waals surface area (Å²) in [6.07, 6.45) is 4.86. The summed E-state index contributed by atoms with van der Waals surface area (Å²) in [5.74, 6) is 0.0207. The van der Waals surface area contributed by atoms with Gasteiger partial charge in [-0.3, -0.25) is 14.4 Å². The van der Waals surface area contributed by atoms with E-state index in [0.717, 1.165) is 52.2 Å². The Morgan fingerprint density at radius 1 is 1.35 bits per heavy atom. The van der Waals surface area contributed by atoms with Crippen LogP contribution in [0.5, 0.6) is 0 Å². The second-order valence-corrected chi connectivity index (χ2v) is 6.63. The molecule has 2 aliphatic rings.